The molecule has 0 bridgehead atoms. The molecular weight excluding hydrogens is 228 g/mol. The largest absolute Gasteiger partial charge is 0.383 e. The van der Waals surface area contributed by atoms with E-state index in [0.29, 0.717) is 24.9 Å². The van der Waals surface area contributed by atoms with Crippen LogP contribution >= 0.6 is 0 Å². The molecule has 5 nitrogen and oxygen atoms in total. The maximum absolute atomic E-state index is 5.96. The van der Waals surface area contributed by atoms with Gasteiger partial charge in [0.25, 0.3) is 0 Å². The first-order valence-corrected chi connectivity index (χ1v) is 5.91. The van der Waals surface area contributed by atoms with Crippen molar-refractivity contribution in [3.05, 3.63) is 35.2 Å². The third kappa shape index (κ3) is 1.93. The molecule has 0 fully saturated rings. The van der Waals surface area contributed by atoms with Crippen molar-refractivity contribution in [1.29, 1.82) is 0 Å². The fraction of sp³-hybridized carbons (Fsp3) is 0.308. The molecule has 92 valence electrons. The van der Waals surface area contributed by atoms with Crippen LogP contribution in [0.15, 0.2) is 18.2 Å². The Morgan fingerprint density at radius 3 is 2.94 bits per heavy atom. The van der Waals surface area contributed by atoms with Gasteiger partial charge in [0.15, 0.2) is 5.82 Å². The van der Waals surface area contributed by atoms with Crippen molar-refractivity contribution >= 4 is 5.82 Å². The number of aryl methyl sites for hydroxylation is 1. The standard InChI is InChI=1S/C13H14N4O/c1-8-3-2-4-11(15-8)13-16-10-5-6-18-7-9(10)12(14)17-13/h2-4H,5-7H2,1H3,(H2,14,16,17). The number of fused-ring (bicyclic) bond motifs is 1. The minimum Gasteiger partial charge on any atom is -0.383 e. The number of pyridine rings is 1. The first-order valence-electron chi connectivity index (χ1n) is 5.91. The van der Waals surface area contributed by atoms with Gasteiger partial charge in [-0.3, -0.25) is 0 Å². The molecule has 0 amide bonds. The Labute approximate surface area is 105 Å². The summed E-state index contributed by atoms with van der Waals surface area (Å²) in [4.78, 5) is 13.3. The lowest BCUT2D eigenvalue weighted by atomic mass is 10.1. The van der Waals surface area contributed by atoms with Crippen molar-refractivity contribution in [2.24, 2.45) is 0 Å². The van der Waals surface area contributed by atoms with Crippen molar-refractivity contribution in [2.75, 3.05) is 12.3 Å². The van der Waals surface area contributed by atoms with E-state index in [1.807, 2.05) is 25.1 Å². The molecule has 3 heterocycles. The smallest absolute Gasteiger partial charge is 0.180 e. The Bertz CT molecular complexity index is 598. The van der Waals surface area contributed by atoms with E-state index in [4.69, 9.17) is 10.5 Å². The second-order valence-electron chi connectivity index (χ2n) is 4.32. The summed E-state index contributed by atoms with van der Waals surface area (Å²) in [6.07, 6.45) is 0.779. The summed E-state index contributed by atoms with van der Waals surface area (Å²) in [6.45, 7) is 3.13. The molecular formula is C13H14N4O. The average Bonchev–Trinajstić information content (AvgIpc) is 2.39. The topological polar surface area (TPSA) is 73.9 Å². The highest BCUT2D eigenvalue weighted by atomic mass is 16.5. The second-order valence-corrected chi connectivity index (χ2v) is 4.32. The minimum absolute atomic E-state index is 0.498. The van der Waals surface area contributed by atoms with Gasteiger partial charge < -0.3 is 10.5 Å². The van der Waals surface area contributed by atoms with E-state index in [0.717, 1.165) is 29.1 Å². The van der Waals surface area contributed by atoms with Crippen molar-refractivity contribution in [1.82, 2.24) is 15.0 Å². The molecule has 2 N–H and O–H groups in total. The molecule has 18 heavy (non-hydrogen) atoms. The van der Waals surface area contributed by atoms with E-state index >= 15 is 0 Å². The molecule has 1 aliphatic rings. The third-order valence-electron chi connectivity index (χ3n) is 2.97. The molecule has 5 heteroatoms. The highest BCUT2D eigenvalue weighted by Gasteiger charge is 2.17. The van der Waals surface area contributed by atoms with Crippen molar-refractivity contribution in [3.63, 3.8) is 0 Å². The first kappa shape index (κ1) is 11.1. The van der Waals surface area contributed by atoms with Crippen LogP contribution in [0.4, 0.5) is 5.82 Å². The van der Waals surface area contributed by atoms with Gasteiger partial charge in [0.1, 0.15) is 11.5 Å². The van der Waals surface area contributed by atoms with Gasteiger partial charge in [0.05, 0.1) is 18.9 Å². The SMILES string of the molecule is Cc1cccc(-c2nc(N)c3c(n2)CCOC3)n1. The van der Waals surface area contributed by atoms with E-state index in [2.05, 4.69) is 15.0 Å². The van der Waals surface area contributed by atoms with Gasteiger partial charge in [-0.15, -0.1) is 0 Å². The lowest BCUT2D eigenvalue weighted by Gasteiger charge is -2.17. The maximum atomic E-state index is 5.96. The molecule has 0 unspecified atom stereocenters. The fourth-order valence-corrected chi connectivity index (χ4v) is 2.04. The van der Waals surface area contributed by atoms with E-state index in [9.17, 15) is 0 Å². The van der Waals surface area contributed by atoms with E-state index in [1.165, 1.54) is 0 Å². The number of anilines is 1. The monoisotopic (exact) mass is 242 g/mol. The normalized spacial score (nSPS) is 14.3. The number of hydrogen-bond donors (Lipinski definition) is 1. The number of nitrogens with two attached hydrogens (primary N) is 1. The molecule has 0 saturated heterocycles. The zero-order chi connectivity index (χ0) is 12.5. The van der Waals surface area contributed by atoms with Crippen LogP contribution in [0.2, 0.25) is 0 Å². The number of nitrogens with zero attached hydrogens (tertiary/aromatic N) is 3. The summed E-state index contributed by atoms with van der Waals surface area (Å²) in [6, 6.07) is 5.78. The van der Waals surface area contributed by atoms with Crippen LogP contribution in [-0.4, -0.2) is 21.6 Å². The van der Waals surface area contributed by atoms with Crippen LogP contribution in [0.1, 0.15) is 17.0 Å². The minimum atomic E-state index is 0.498. The summed E-state index contributed by atoms with van der Waals surface area (Å²) >= 11 is 0. The molecule has 0 saturated carbocycles. The lowest BCUT2D eigenvalue weighted by Crippen LogP contribution is -2.16. The van der Waals surface area contributed by atoms with E-state index < -0.39 is 0 Å². The van der Waals surface area contributed by atoms with Gasteiger partial charge in [-0.1, -0.05) is 6.07 Å². The summed E-state index contributed by atoms with van der Waals surface area (Å²) in [5, 5.41) is 0. The molecule has 0 spiro atoms. The zero-order valence-corrected chi connectivity index (χ0v) is 10.2. The van der Waals surface area contributed by atoms with Crippen molar-refractivity contribution < 1.29 is 4.74 Å². The maximum Gasteiger partial charge on any atom is 0.180 e. The molecule has 0 atom stereocenters. The van der Waals surface area contributed by atoms with Gasteiger partial charge in [-0.25, -0.2) is 15.0 Å². The summed E-state index contributed by atoms with van der Waals surface area (Å²) in [7, 11) is 0. The first-order chi connectivity index (χ1) is 8.74. The molecule has 0 aromatic carbocycles. The Kier molecular flexibility index (Phi) is 2.68. The fourth-order valence-electron chi connectivity index (χ4n) is 2.04. The Morgan fingerprint density at radius 1 is 1.22 bits per heavy atom. The van der Waals surface area contributed by atoms with Crippen LogP contribution in [0.5, 0.6) is 0 Å². The quantitative estimate of drug-likeness (QED) is 0.820. The van der Waals surface area contributed by atoms with Crippen LogP contribution in [0, 0.1) is 6.92 Å². The molecule has 0 radical (unpaired) electrons. The summed E-state index contributed by atoms with van der Waals surface area (Å²) < 4.78 is 5.37. The van der Waals surface area contributed by atoms with Crippen LogP contribution < -0.4 is 5.73 Å². The number of rotatable bonds is 1. The third-order valence-corrected chi connectivity index (χ3v) is 2.97. The number of nitrogen functional groups attached to an aromatic ring is 1. The lowest BCUT2D eigenvalue weighted by molar-refractivity contribution is 0.109. The van der Waals surface area contributed by atoms with Crippen LogP contribution in [-0.2, 0) is 17.8 Å². The summed E-state index contributed by atoms with van der Waals surface area (Å²) in [5.41, 5.74) is 9.55. The molecule has 1 aliphatic heterocycles. The van der Waals surface area contributed by atoms with Gasteiger partial charge in [0, 0.05) is 17.7 Å². The van der Waals surface area contributed by atoms with Crippen LogP contribution in [0.3, 0.4) is 0 Å². The van der Waals surface area contributed by atoms with Gasteiger partial charge in [0.2, 0.25) is 0 Å². The molecule has 3 rings (SSSR count). The molecule has 2 aromatic heterocycles. The second kappa shape index (κ2) is 4.34. The van der Waals surface area contributed by atoms with Gasteiger partial charge >= 0.3 is 0 Å². The van der Waals surface area contributed by atoms with Crippen LogP contribution in [0.25, 0.3) is 11.5 Å². The highest BCUT2D eigenvalue weighted by Crippen LogP contribution is 2.23. The molecule has 0 aliphatic carbocycles. The number of aromatic nitrogens is 3. The highest BCUT2D eigenvalue weighted by molar-refractivity contribution is 5.55. The van der Waals surface area contributed by atoms with E-state index in [-0.39, 0.29) is 0 Å². The predicted octanol–water partition coefficient (Wildman–Crippen LogP) is 1.50. The zero-order valence-electron chi connectivity index (χ0n) is 10.2. The van der Waals surface area contributed by atoms with Crippen molar-refractivity contribution in [2.45, 2.75) is 20.0 Å². The van der Waals surface area contributed by atoms with Crippen molar-refractivity contribution in [3.8, 4) is 11.5 Å². The number of hydrogen-bond acceptors (Lipinski definition) is 5. The van der Waals surface area contributed by atoms with Gasteiger partial charge in [-0.2, -0.15) is 0 Å². The number of ether oxygens (including phenoxy) is 1. The Morgan fingerprint density at radius 2 is 2.11 bits per heavy atom. The average molecular weight is 242 g/mol. The Hall–Kier alpha value is -2.01. The summed E-state index contributed by atoms with van der Waals surface area (Å²) in [5.74, 6) is 1.09. The van der Waals surface area contributed by atoms with E-state index in [1.54, 1.807) is 0 Å². The predicted molar refractivity (Wildman–Crippen MR) is 67.8 cm³/mol. The van der Waals surface area contributed by atoms with Gasteiger partial charge in [-0.05, 0) is 19.1 Å². The Balaban J connectivity index is 2.11. The molecule has 2 aromatic rings.